The maximum Gasteiger partial charge on any atom is 0.302 e. The molecule has 0 N–H and O–H groups in total. The largest absolute Gasteiger partial charge is 0.302 e. The lowest BCUT2D eigenvalue weighted by Gasteiger charge is -2.01. The molecule has 0 spiro atoms. The monoisotopic (exact) mass is 220 g/mol. The van der Waals surface area contributed by atoms with E-state index in [2.05, 4.69) is 0 Å². The van der Waals surface area contributed by atoms with Gasteiger partial charge in [-0.25, -0.2) is 4.39 Å². The summed E-state index contributed by atoms with van der Waals surface area (Å²) in [5.74, 6) is -1.04. The second-order valence-corrected chi connectivity index (χ2v) is 4.62. The molecular weight excluding hydrogens is 210 g/mol. The number of aryl methyl sites for hydroxylation is 2. The van der Waals surface area contributed by atoms with Gasteiger partial charge in [0.2, 0.25) is 0 Å². The Balaban J connectivity index is 2.78. The van der Waals surface area contributed by atoms with E-state index in [1.54, 1.807) is 13.0 Å². The molecule has 5 heteroatoms. The van der Waals surface area contributed by atoms with Gasteiger partial charge in [-0.2, -0.15) is 8.42 Å². The average Bonchev–Trinajstić information content (AvgIpc) is 1.97. The predicted molar refractivity (Wildman–Crippen MR) is 49.7 cm³/mol. The standard InChI is InChI=1S/C9H10F2O2S/c1-7-4-8(6-9(10)5-7)2-3-14(11,12)13/h4-6H,2-3H2,1H3. The molecule has 0 aromatic heterocycles. The van der Waals surface area contributed by atoms with E-state index < -0.39 is 21.8 Å². The summed E-state index contributed by atoms with van der Waals surface area (Å²) in [5, 5.41) is 0. The fourth-order valence-corrected chi connectivity index (χ4v) is 1.68. The first-order valence-electron chi connectivity index (χ1n) is 4.05. The van der Waals surface area contributed by atoms with Crippen molar-refractivity contribution < 1.29 is 16.7 Å². The first kappa shape index (κ1) is 11.1. The van der Waals surface area contributed by atoms with Crippen LogP contribution >= 0.6 is 0 Å². The quantitative estimate of drug-likeness (QED) is 0.730. The van der Waals surface area contributed by atoms with Crippen LogP contribution < -0.4 is 0 Å². The summed E-state index contributed by atoms with van der Waals surface area (Å²) in [7, 11) is -4.47. The van der Waals surface area contributed by atoms with Gasteiger partial charge in [-0.3, -0.25) is 0 Å². The van der Waals surface area contributed by atoms with E-state index in [1.807, 2.05) is 0 Å². The first-order valence-corrected chi connectivity index (χ1v) is 5.60. The van der Waals surface area contributed by atoms with Gasteiger partial charge in [0, 0.05) is 0 Å². The van der Waals surface area contributed by atoms with Crippen molar-refractivity contribution in [1.29, 1.82) is 0 Å². The van der Waals surface area contributed by atoms with Gasteiger partial charge in [0.25, 0.3) is 0 Å². The number of halogens is 2. The molecule has 14 heavy (non-hydrogen) atoms. The third-order valence-corrected chi connectivity index (χ3v) is 2.43. The van der Waals surface area contributed by atoms with Crippen molar-refractivity contribution in [2.45, 2.75) is 13.3 Å². The van der Waals surface area contributed by atoms with Crippen molar-refractivity contribution in [2.75, 3.05) is 5.75 Å². The highest BCUT2D eigenvalue weighted by Gasteiger charge is 2.08. The Labute approximate surface area is 81.8 Å². The van der Waals surface area contributed by atoms with E-state index in [0.29, 0.717) is 11.1 Å². The highest BCUT2D eigenvalue weighted by atomic mass is 32.3. The SMILES string of the molecule is Cc1cc(F)cc(CCS(=O)(=O)F)c1. The van der Waals surface area contributed by atoms with Gasteiger partial charge in [0.15, 0.2) is 0 Å². The Morgan fingerprint density at radius 2 is 1.93 bits per heavy atom. The zero-order valence-corrected chi connectivity index (χ0v) is 8.44. The Morgan fingerprint density at radius 1 is 1.29 bits per heavy atom. The van der Waals surface area contributed by atoms with Crippen LogP contribution in [-0.4, -0.2) is 14.2 Å². The molecule has 0 fully saturated rings. The molecule has 0 saturated carbocycles. The summed E-state index contributed by atoms with van der Waals surface area (Å²) < 4.78 is 45.4. The molecular formula is C9H10F2O2S. The lowest BCUT2D eigenvalue weighted by atomic mass is 10.1. The second-order valence-electron chi connectivity index (χ2n) is 3.13. The lowest BCUT2D eigenvalue weighted by Crippen LogP contribution is -2.02. The summed E-state index contributed by atoms with van der Waals surface area (Å²) in [6.45, 7) is 1.69. The van der Waals surface area contributed by atoms with Gasteiger partial charge < -0.3 is 0 Å². The molecule has 0 aliphatic heterocycles. The molecule has 0 unspecified atom stereocenters. The highest BCUT2D eigenvalue weighted by Crippen LogP contribution is 2.10. The molecule has 0 amide bonds. The summed E-state index contributed by atoms with van der Waals surface area (Å²) in [6.07, 6.45) is -0.00255. The minimum atomic E-state index is -4.47. The minimum Gasteiger partial charge on any atom is -0.207 e. The summed E-state index contributed by atoms with van der Waals surface area (Å²) in [6, 6.07) is 4.17. The minimum absolute atomic E-state index is 0.00255. The van der Waals surface area contributed by atoms with Crippen LogP contribution in [0.4, 0.5) is 8.28 Å². The Morgan fingerprint density at radius 3 is 2.43 bits per heavy atom. The third kappa shape index (κ3) is 3.83. The van der Waals surface area contributed by atoms with Gasteiger partial charge >= 0.3 is 10.2 Å². The lowest BCUT2D eigenvalue weighted by molar-refractivity contribution is 0.551. The summed E-state index contributed by atoms with van der Waals surface area (Å²) in [4.78, 5) is 0. The van der Waals surface area contributed by atoms with Gasteiger partial charge in [-0.15, -0.1) is 3.89 Å². The molecule has 1 aromatic rings. The molecule has 0 aliphatic carbocycles. The average molecular weight is 220 g/mol. The van der Waals surface area contributed by atoms with Crippen LogP contribution in [0.5, 0.6) is 0 Å². The zero-order chi connectivity index (χ0) is 10.8. The van der Waals surface area contributed by atoms with Gasteiger partial charge in [0.1, 0.15) is 5.82 Å². The fourth-order valence-electron chi connectivity index (χ4n) is 1.20. The number of benzene rings is 1. The molecule has 0 radical (unpaired) electrons. The van der Waals surface area contributed by atoms with Crippen molar-refractivity contribution in [1.82, 2.24) is 0 Å². The van der Waals surface area contributed by atoms with E-state index in [0.717, 1.165) is 0 Å². The van der Waals surface area contributed by atoms with Gasteiger partial charge in [0.05, 0.1) is 5.75 Å². The summed E-state index contributed by atoms with van der Waals surface area (Å²) in [5.41, 5.74) is 1.18. The van der Waals surface area contributed by atoms with E-state index in [-0.39, 0.29) is 6.42 Å². The number of hydrogen-bond donors (Lipinski definition) is 0. The Bertz CT molecular complexity index is 406. The van der Waals surface area contributed by atoms with Crippen molar-refractivity contribution in [3.8, 4) is 0 Å². The topological polar surface area (TPSA) is 34.1 Å². The van der Waals surface area contributed by atoms with Crippen molar-refractivity contribution in [2.24, 2.45) is 0 Å². The van der Waals surface area contributed by atoms with Gasteiger partial charge in [-0.1, -0.05) is 6.07 Å². The molecule has 78 valence electrons. The number of hydrogen-bond acceptors (Lipinski definition) is 2. The smallest absolute Gasteiger partial charge is 0.207 e. The van der Waals surface area contributed by atoms with Gasteiger partial charge in [-0.05, 0) is 36.6 Å². The van der Waals surface area contributed by atoms with Crippen LogP contribution in [0.25, 0.3) is 0 Å². The van der Waals surface area contributed by atoms with E-state index >= 15 is 0 Å². The van der Waals surface area contributed by atoms with Crippen LogP contribution in [0.15, 0.2) is 18.2 Å². The normalized spacial score (nSPS) is 11.6. The highest BCUT2D eigenvalue weighted by molar-refractivity contribution is 7.86. The molecule has 0 aliphatic rings. The van der Waals surface area contributed by atoms with Crippen LogP contribution in [0.3, 0.4) is 0 Å². The van der Waals surface area contributed by atoms with Crippen LogP contribution in [0.1, 0.15) is 11.1 Å². The fraction of sp³-hybridized carbons (Fsp3) is 0.333. The molecule has 1 rings (SSSR count). The molecule has 0 atom stereocenters. The van der Waals surface area contributed by atoms with Crippen molar-refractivity contribution in [3.63, 3.8) is 0 Å². The van der Waals surface area contributed by atoms with E-state index in [1.165, 1.54) is 12.1 Å². The van der Waals surface area contributed by atoms with Crippen LogP contribution in [0.2, 0.25) is 0 Å². The molecule has 2 nitrogen and oxygen atoms in total. The predicted octanol–water partition coefficient (Wildman–Crippen LogP) is 1.98. The van der Waals surface area contributed by atoms with Crippen molar-refractivity contribution >= 4 is 10.2 Å². The zero-order valence-electron chi connectivity index (χ0n) is 7.63. The maximum atomic E-state index is 12.8. The molecule has 0 heterocycles. The molecule has 1 aromatic carbocycles. The van der Waals surface area contributed by atoms with Crippen molar-refractivity contribution in [3.05, 3.63) is 35.1 Å². The second kappa shape index (κ2) is 4.04. The maximum absolute atomic E-state index is 12.8. The first-order chi connectivity index (χ1) is 6.37. The number of rotatable bonds is 3. The Kier molecular flexibility index (Phi) is 3.21. The third-order valence-electron chi connectivity index (χ3n) is 1.74. The Hall–Kier alpha value is -0.970. The summed E-state index contributed by atoms with van der Waals surface area (Å²) >= 11 is 0. The van der Waals surface area contributed by atoms with Crippen LogP contribution in [0, 0.1) is 12.7 Å². The van der Waals surface area contributed by atoms with Crippen LogP contribution in [-0.2, 0) is 16.6 Å². The van der Waals surface area contributed by atoms with E-state index in [4.69, 9.17) is 0 Å². The van der Waals surface area contributed by atoms with E-state index in [9.17, 15) is 16.7 Å². The molecule has 0 saturated heterocycles. The molecule has 0 bridgehead atoms.